The minimum atomic E-state index is -0.326. The molecular formula is C18H19Cl2FN2. The van der Waals surface area contributed by atoms with Crippen LogP contribution in [0.15, 0.2) is 47.5 Å². The molecule has 0 amide bonds. The molecule has 0 spiro atoms. The van der Waals surface area contributed by atoms with Gasteiger partial charge in [0.1, 0.15) is 5.82 Å². The second-order valence-electron chi connectivity index (χ2n) is 5.12. The summed E-state index contributed by atoms with van der Waals surface area (Å²) >= 11 is 11.7. The lowest BCUT2D eigenvalue weighted by atomic mass is 10.1. The molecule has 0 saturated heterocycles. The van der Waals surface area contributed by atoms with Crippen LogP contribution in [0.5, 0.6) is 0 Å². The molecule has 0 aliphatic carbocycles. The lowest BCUT2D eigenvalue weighted by molar-refractivity contribution is 0.630. The summed E-state index contributed by atoms with van der Waals surface area (Å²) in [6, 6.07) is 12.5. The van der Waals surface area contributed by atoms with Crippen molar-refractivity contribution in [3.63, 3.8) is 0 Å². The summed E-state index contributed by atoms with van der Waals surface area (Å²) in [5.74, 6) is 0.771. The van der Waals surface area contributed by atoms with Crippen molar-refractivity contribution in [2.75, 3.05) is 29.7 Å². The summed E-state index contributed by atoms with van der Waals surface area (Å²) < 4.78 is 13.6. The van der Waals surface area contributed by atoms with Gasteiger partial charge in [0.25, 0.3) is 0 Å². The van der Waals surface area contributed by atoms with E-state index in [1.54, 1.807) is 24.4 Å². The summed E-state index contributed by atoms with van der Waals surface area (Å²) in [5, 5.41) is 0. The Kier molecular flexibility index (Phi) is 6.87. The molecule has 0 aliphatic rings. The first-order valence-electron chi connectivity index (χ1n) is 7.42. The Hall–Kier alpha value is -1.58. The monoisotopic (exact) mass is 352 g/mol. The third-order valence-corrected chi connectivity index (χ3v) is 3.86. The maximum Gasteiger partial charge on any atom is 0.148 e. The van der Waals surface area contributed by atoms with Gasteiger partial charge in [0, 0.05) is 36.8 Å². The van der Waals surface area contributed by atoms with Crippen molar-refractivity contribution in [3.05, 3.63) is 59.4 Å². The summed E-state index contributed by atoms with van der Waals surface area (Å²) in [6.45, 7) is 3.50. The molecule has 0 unspecified atom stereocenters. The van der Waals surface area contributed by atoms with Crippen LogP contribution >= 0.6 is 23.2 Å². The van der Waals surface area contributed by atoms with Crippen LogP contribution in [0.4, 0.5) is 15.8 Å². The van der Waals surface area contributed by atoms with Gasteiger partial charge in [-0.25, -0.2) is 4.39 Å². The Morgan fingerprint density at radius 2 is 1.78 bits per heavy atom. The first kappa shape index (κ1) is 17.8. The molecule has 2 aromatic carbocycles. The highest BCUT2D eigenvalue weighted by atomic mass is 35.5. The summed E-state index contributed by atoms with van der Waals surface area (Å²) in [5.41, 5.74) is 3.43. The fourth-order valence-electron chi connectivity index (χ4n) is 2.27. The van der Waals surface area contributed by atoms with Crippen molar-refractivity contribution in [1.29, 1.82) is 0 Å². The Balaban J connectivity index is 2.20. The molecule has 0 saturated carbocycles. The van der Waals surface area contributed by atoms with Crippen molar-refractivity contribution >= 4 is 40.8 Å². The number of aryl methyl sites for hydroxylation is 1. The number of hydrogen-bond donors (Lipinski definition) is 0. The minimum Gasteiger partial charge on any atom is -0.369 e. The average Bonchev–Trinajstić information content (AvgIpc) is 2.55. The van der Waals surface area contributed by atoms with E-state index in [9.17, 15) is 4.39 Å². The van der Waals surface area contributed by atoms with Gasteiger partial charge in [0.15, 0.2) is 0 Å². The molecule has 0 fully saturated rings. The number of alkyl halides is 2. The van der Waals surface area contributed by atoms with Gasteiger partial charge in [-0.05, 0) is 42.3 Å². The third-order valence-electron chi connectivity index (χ3n) is 3.52. The Morgan fingerprint density at radius 1 is 1.09 bits per heavy atom. The quantitative estimate of drug-likeness (QED) is 0.495. The lowest BCUT2D eigenvalue weighted by Crippen LogP contribution is -2.27. The first-order chi connectivity index (χ1) is 11.2. The molecule has 0 atom stereocenters. The molecule has 0 radical (unpaired) electrons. The predicted octanol–water partition coefficient (Wildman–Crippen LogP) is 5.17. The second kappa shape index (κ2) is 8.90. The van der Waals surface area contributed by atoms with Crippen molar-refractivity contribution in [3.8, 4) is 0 Å². The van der Waals surface area contributed by atoms with E-state index in [1.807, 2.05) is 19.1 Å². The number of rotatable bonds is 7. The highest BCUT2D eigenvalue weighted by molar-refractivity contribution is 6.18. The van der Waals surface area contributed by atoms with E-state index < -0.39 is 0 Å². The second-order valence-corrected chi connectivity index (χ2v) is 5.87. The van der Waals surface area contributed by atoms with Crippen LogP contribution in [0, 0.1) is 12.7 Å². The van der Waals surface area contributed by atoms with Gasteiger partial charge in [-0.2, -0.15) is 0 Å². The van der Waals surface area contributed by atoms with E-state index >= 15 is 0 Å². The SMILES string of the molecule is Cc1cc(N(CCCl)CCCl)ccc1C=Nc1ccccc1F. The fourth-order valence-corrected chi connectivity index (χ4v) is 2.68. The standard InChI is InChI=1S/C18H19Cl2FN2/c1-14-12-16(23(10-8-19)11-9-20)7-6-15(14)13-22-18-5-3-2-4-17(18)21/h2-7,12-13H,8-11H2,1H3. The summed E-state index contributed by atoms with van der Waals surface area (Å²) in [7, 11) is 0. The van der Waals surface area contributed by atoms with Crippen LogP contribution in [0.3, 0.4) is 0 Å². The molecule has 0 N–H and O–H groups in total. The van der Waals surface area contributed by atoms with Crippen LogP contribution in [0.25, 0.3) is 0 Å². The minimum absolute atomic E-state index is 0.326. The van der Waals surface area contributed by atoms with E-state index in [-0.39, 0.29) is 5.82 Å². The molecule has 122 valence electrons. The highest BCUT2D eigenvalue weighted by Crippen LogP contribution is 2.20. The van der Waals surface area contributed by atoms with Gasteiger partial charge >= 0.3 is 0 Å². The van der Waals surface area contributed by atoms with E-state index in [4.69, 9.17) is 23.2 Å². The van der Waals surface area contributed by atoms with Gasteiger partial charge in [-0.3, -0.25) is 4.99 Å². The number of hydrogen-bond acceptors (Lipinski definition) is 2. The molecule has 0 bridgehead atoms. The summed E-state index contributed by atoms with van der Waals surface area (Å²) in [6.07, 6.45) is 1.69. The van der Waals surface area contributed by atoms with Crippen molar-refractivity contribution < 1.29 is 4.39 Å². The van der Waals surface area contributed by atoms with Crippen LogP contribution in [0.2, 0.25) is 0 Å². The molecule has 0 heterocycles. The fraction of sp³-hybridized carbons (Fsp3) is 0.278. The number of aliphatic imine (C=N–C) groups is 1. The van der Waals surface area contributed by atoms with Crippen molar-refractivity contribution in [1.82, 2.24) is 0 Å². The van der Waals surface area contributed by atoms with Gasteiger partial charge in [-0.1, -0.05) is 18.2 Å². The smallest absolute Gasteiger partial charge is 0.148 e. The van der Waals surface area contributed by atoms with E-state index in [0.717, 1.165) is 29.9 Å². The lowest BCUT2D eigenvalue weighted by Gasteiger charge is -2.23. The van der Waals surface area contributed by atoms with Crippen molar-refractivity contribution in [2.45, 2.75) is 6.92 Å². The van der Waals surface area contributed by atoms with Gasteiger partial charge in [-0.15, -0.1) is 23.2 Å². The van der Waals surface area contributed by atoms with Gasteiger partial charge in [0.2, 0.25) is 0 Å². The molecule has 0 aliphatic heterocycles. The number of benzene rings is 2. The average molecular weight is 353 g/mol. The molecule has 2 nitrogen and oxygen atoms in total. The molecule has 23 heavy (non-hydrogen) atoms. The zero-order valence-corrected chi connectivity index (χ0v) is 14.5. The van der Waals surface area contributed by atoms with Crippen LogP contribution in [-0.2, 0) is 0 Å². The maximum absolute atomic E-state index is 13.6. The van der Waals surface area contributed by atoms with Crippen LogP contribution in [-0.4, -0.2) is 31.1 Å². The highest BCUT2D eigenvalue weighted by Gasteiger charge is 2.07. The van der Waals surface area contributed by atoms with Crippen LogP contribution in [0.1, 0.15) is 11.1 Å². The number of nitrogens with zero attached hydrogens (tertiary/aromatic N) is 2. The van der Waals surface area contributed by atoms with Gasteiger partial charge < -0.3 is 4.90 Å². The largest absolute Gasteiger partial charge is 0.369 e. The topological polar surface area (TPSA) is 15.6 Å². The number of anilines is 1. The van der Waals surface area contributed by atoms with Gasteiger partial charge in [0.05, 0.1) is 5.69 Å². The number of halogens is 3. The molecule has 2 aromatic rings. The molecule has 5 heteroatoms. The van der Waals surface area contributed by atoms with E-state index in [2.05, 4.69) is 16.0 Å². The normalized spacial score (nSPS) is 11.1. The maximum atomic E-state index is 13.6. The Morgan fingerprint density at radius 3 is 2.39 bits per heavy atom. The number of para-hydroxylation sites is 1. The third kappa shape index (κ3) is 4.95. The molecule has 0 aromatic heterocycles. The van der Waals surface area contributed by atoms with Crippen LogP contribution < -0.4 is 4.90 Å². The Labute approximate surface area is 146 Å². The van der Waals surface area contributed by atoms with E-state index in [1.165, 1.54) is 6.07 Å². The van der Waals surface area contributed by atoms with E-state index in [0.29, 0.717) is 17.4 Å². The first-order valence-corrected chi connectivity index (χ1v) is 8.48. The zero-order chi connectivity index (χ0) is 16.7. The summed E-state index contributed by atoms with van der Waals surface area (Å²) in [4.78, 5) is 6.37. The molecular weight excluding hydrogens is 334 g/mol. The van der Waals surface area contributed by atoms with Crippen molar-refractivity contribution in [2.24, 2.45) is 4.99 Å². The predicted molar refractivity (Wildman–Crippen MR) is 98.5 cm³/mol. The zero-order valence-electron chi connectivity index (χ0n) is 13.0. The Bertz CT molecular complexity index is 668. The molecule has 2 rings (SSSR count).